The lowest BCUT2D eigenvalue weighted by molar-refractivity contribution is 0.291. The molecule has 0 aromatic carbocycles. The number of piperidine rings is 1. The van der Waals surface area contributed by atoms with Crippen LogP contribution in [0.25, 0.3) is 0 Å². The Morgan fingerprint density at radius 3 is 2.29 bits per heavy atom. The zero-order valence-corrected chi connectivity index (χ0v) is 8.44. The molecule has 0 radical (unpaired) electrons. The number of amidine groups is 1. The van der Waals surface area contributed by atoms with Gasteiger partial charge in [0, 0.05) is 19.0 Å². The predicted octanol–water partition coefficient (Wildman–Crippen LogP) is -1.35. The van der Waals surface area contributed by atoms with Crippen LogP contribution in [-0.4, -0.2) is 36.9 Å². The minimum Gasteiger partial charge on any atom is -0.409 e. The fraction of sp³-hybridized carbons (Fsp3) is 0.833. The Morgan fingerprint density at radius 2 is 1.93 bits per heavy atom. The van der Waals surface area contributed by atoms with Crippen molar-refractivity contribution in [1.82, 2.24) is 4.31 Å². The van der Waals surface area contributed by atoms with E-state index in [4.69, 9.17) is 16.1 Å². The second kappa shape index (κ2) is 4.11. The molecule has 0 saturated carbocycles. The molecule has 1 saturated heterocycles. The molecule has 8 heteroatoms. The maximum Gasteiger partial charge on any atom is 0.276 e. The van der Waals surface area contributed by atoms with E-state index in [2.05, 4.69) is 5.16 Å². The molecule has 1 heterocycles. The molecule has 1 aliphatic rings. The van der Waals surface area contributed by atoms with E-state index in [1.165, 1.54) is 4.31 Å². The van der Waals surface area contributed by atoms with Crippen molar-refractivity contribution >= 4 is 16.0 Å². The van der Waals surface area contributed by atoms with E-state index in [-0.39, 0.29) is 11.8 Å². The summed E-state index contributed by atoms with van der Waals surface area (Å²) in [7, 11) is -3.59. The van der Waals surface area contributed by atoms with Gasteiger partial charge in [0.05, 0.1) is 0 Å². The number of nitrogens with two attached hydrogens (primary N) is 2. The zero-order chi connectivity index (χ0) is 10.8. The summed E-state index contributed by atoms with van der Waals surface area (Å²) in [4.78, 5) is 0. The van der Waals surface area contributed by atoms with Gasteiger partial charge in [-0.1, -0.05) is 5.16 Å². The van der Waals surface area contributed by atoms with Crippen LogP contribution in [0.1, 0.15) is 12.8 Å². The van der Waals surface area contributed by atoms with Crippen molar-refractivity contribution in [2.45, 2.75) is 12.8 Å². The quantitative estimate of drug-likeness (QED) is 0.231. The molecule has 14 heavy (non-hydrogen) atoms. The van der Waals surface area contributed by atoms with Gasteiger partial charge in [-0.25, -0.2) is 5.14 Å². The number of nitrogens with zero attached hydrogens (tertiary/aromatic N) is 2. The highest BCUT2D eigenvalue weighted by molar-refractivity contribution is 7.86. The minimum atomic E-state index is -3.59. The first-order valence-electron chi connectivity index (χ1n) is 4.20. The minimum absolute atomic E-state index is 0.0574. The molecule has 0 aromatic rings. The van der Waals surface area contributed by atoms with E-state index in [0.717, 1.165) is 0 Å². The van der Waals surface area contributed by atoms with E-state index in [1.54, 1.807) is 0 Å². The molecule has 82 valence electrons. The molecule has 0 aliphatic carbocycles. The summed E-state index contributed by atoms with van der Waals surface area (Å²) in [6.07, 6.45) is 1.07. The third-order valence-electron chi connectivity index (χ3n) is 2.35. The van der Waals surface area contributed by atoms with Crippen LogP contribution < -0.4 is 10.9 Å². The van der Waals surface area contributed by atoms with Gasteiger partial charge in [-0.05, 0) is 12.8 Å². The Hall–Kier alpha value is -0.860. The monoisotopic (exact) mass is 222 g/mol. The Balaban J connectivity index is 2.55. The van der Waals surface area contributed by atoms with Crippen LogP contribution in [0.5, 0.6) is 0 Å². The van der Waals surface area contributed by atoms with Crippen LogP contribution in [0.15, 0.2) is 5.16 Å². The Kier molecular flexibility index (Phi) is 3.29. The maximum atomic E-state index is 10.9. The van der Waals surface area contributed by atoms with Gasteiger partial charge >= 0.3 is 0 Å². The molecule has 0 amide bonds. The van der Waals surface area contributed by atoms with E-state index in [0.29, 0.717) is 25.9 Å². The van der Waals surface area contributed by atoms with Gasteiger partial charge in [0.15, 0.2) is 0 Å². The molecular formula is C6H14N4O3S. The lowest BCUT2D eigenvalue weighted by Crippen LogP contribution is -2.44. The van der Waals surface area contributed by atoms with Gasteiger partial charge < -0.3 is 10.9 Å². The van der Waals surface area contributed by atoms with Crippen molar-refractivity contribution in [2.75, 3.05) is 13.1 Å². The standard InChI is InChI=1S/C6H14N4O3S/c7-6(9-11)5-1-3-10(4-2-5)14(8,12)13/h5,11H,1-4H2,(H2,7,9)(H2,8,12,13). The van der Waals surface area contributed by atoms with Crippen LogP contribution >= 0.6 is 0 Å². The van der Waals surface area contributed by atoms with Crippen molar-refractivity contribution in [1.29, 1.82) is 0 Å². The lowest BCUT2D eigenvalue weighted by Gasteiger charge is -2.28. The van der Waals surface area contributed by atoms with Crippen molar-refractivity contribution in [3.8, 4) is 0 Å². The van der Waals surface area contributed by atoms with Gasteiger partial charge in [-0.15, -0.1) is 0 Å². The fourth-order valence-corrected chi connectivity index (χ4v) is 2.21. The van der Waals surface area contributed by atoms with Crippen molar-refractivity contribution in [3.05, 3.63) is 0 Å². The molecule has 5 N–H and O–H groups in total. The molecule has 0 atom stereocenters. The highest BCUT2D eigenvalue weighted by atomic mass is 32.2. The third kappa shape index (κ3) is 2.56. The number of oxime groups is 1. The third-order valence-corrected chi connectivity index (χ3v) is 3.43. The smallest absolute Gasteiger partial charge is 0.276 e. The van der Waals surface area contributed by atoms with E-state index < -0.39 is 10.2 Å². The zero-order valence-electron chi connectivity index (χ0n) is 7.63. The summed E-state index contributed by atoms with van der Waals surface area (Å²) in [5, 5.41) is 16.3. The molecule has 1 rings (SSSR count). The van der Waals surface area contributed by atoms with E-state index in [9.17, 15) is 8.42 Å². The van der Waals surface area contributed by atoms with Crippen LogP contribution in [0.4, 0.5) is 0 Å². The Bertz CT molecular complexity index is 318. The van der Waals surface area contributed by atoms with Gasteiger partial charge in [0.2, 0.25) is 0 Å². The lowest BCUT2D eigenvalue weighted by atomic mass is 9.97. The van der Waals surface area contributed by atoms with Crippen molar-refractivity contribution in [2.24, 2.45) is 21.9 Å². The Morgan fingerprint density at radius 1 is 1.43 bits per heavy atom. The molecule has 7 nitrogen and oxygen atoms in total. The molecule has 0 bridgehead atoms. The highest BCUT2D eigenvalue weighted by Gasteiger charge is 2.27. The van der Waals surface area contributed by atoms with Crippen LogP contribution in [0, 0.1) is 5.92 Å². The van der Waals surface area contributed by atoms with Gasteiger partial charge in [0.25, 0.3) is 10.2 Å². The molecule has 1 aliphatic heterocycles. The van der Waals surface area contributed by atoms with Crippen LogP contribution in [0.2, 0.25) is 0 Å². The molecule has 1 fully saturated rings. The fourth-order valence-electron chi connectivity index (χ4n) is 1.49. The summed E-state index contributed by atoms with van der Waals surface area (Å²) >= 11 is 0. The summed E-state index contributed by atoms with van der Waals surface area (Å²) in [5.41, 5.74) is 5.40. The summed E-state index contributed by atoms with van der Waals surface area (Å²) in [6, 6.07) is 0. The number of rotatable bonds is 2. The van der Waals surface area contributed by atoms with Crippen molar-refractivity contribution < 1.29 is 13.6 Å². The average Bonchev–Trinajstić information content (AvgIpc) is 2.15. The SMILES string of the molecule is N/C(=N\O)C1CCN(S(N)(=O)=O)CC1. The summed E-state index contributed by atoms with van der Waals surface area (Å²) < 4.78 is 23.0. The topological polar surface area (TPSA) is 122 Å². The average molecular weight is 222 g/mol. The van der Waals surface area contributed by atoms with Gasteiger partial charge in [-0.3, -0.25) is 0 Å². The van der Waals surface area contributed by atoms with Gasteiger partial charge in [-0.2, -0.15) is 12.7 Å². The normalized spacial score (nSPS) is 22.5. The summed E-state index contributed by atoms with van der Waals surface area (Å²) in [5.74, 6) is 0.0945. The summed E-state index contributed by atoms with van der Waals surface area (Å²) in [6.45, 7) is 0.638. The van der Waals surface area contributed by atoms with Crippen molar-refractivity contribution in [3.63, 3.8) is 0 Å². The highest BCUT2D eigenvalue weighted by Crippen LogP contribution is 2.18. The predicted molar refractivity (Wildman–Crippen MR) is 50.8 cm³/mol. The Labute approximate surface area is 82.5 Å². The van der Waals surface area contributed by atoms with Crippen LogP contribution in [-0.2, 0) is 10.2 Å². The second-order valence-corrected chi connectivity index (χ2v) is 4.79. The number of hydrogen-bond acceptors (Lipinski definition) is 4. The first-order valence-corrected chi connectivity index (χ1v) is 5.70. The molecule has 0 aromatic heterocycles. The second-order valence-electron chi connectivity index (χ2n) is 3.24. The first kappa shape index (κ1) is 11.2. The first-order chi connectivity index (χ1) is 6.45. The van der Waals surface area contributed by atoms with Gasteiger partial charge in [0.1, 0.15) is 5.84 Å². The molecule has 0 unspecified atom stereocenters. The van der Waals surface area contributed by atoms with Crippen LogP contribution in [0.3, 0.4) is 0 Å². The largest absolute Gasteiger partial charge is 0.409 e. The van der Waals surface area contributed by atoms with E-state index in [1.807, 2.05) is 0 Å². The maximum absolute atomic E-state index is 10.9. The molecular weight excluding hydrogens is 208 g/mol. The number of hydrogen-bond donors (Lipinski definition) is 3. The van der Waals surface area contributed by atoms with E-state index >= 15 is 0 Å². The molecule has 0 spiro atoms.